The van der Waals surface area contributed by atoms with E-state index >= 15 is 0 Å². The number of benzene rings is 3. The largest absolute Gasteiger partial charge is 0.326 e. The number of nitrogens with one attached hydrogen (secondary N) is 2. The highest BCUT2D eigenvalue weighted by atomic mass is 32.2. The molecule has 0 bridgehead atoms. The lowest BCUT2D eigenvalue weighted by atomic mass is 10.2. The van der Waals surface area contributed by atoms with Gasteiger partial charge in [-0.3, -0.25) is 13.8 Å². The number of hydrogen-bond acceptors (Lipinski definition) is 5. The highest BCUT2D eigenvalue weighted by Crippen LogP contribution is 2.21. The maximum Gasteiger partial charge on any atom is 0.261 e. The molecule has 0 aromatic heterocycles. The molecule has 3 rings (SSSR count). The van der Waals surface area contributed by atoms with Crippen LogP contribution < -0.4 is 14.3 Å². The Morgan fingerprint density at radius 2 is 1.46 bits per heavy atom. The van der Waals surface area contributed by atoms with Gasteiger partial charge in [0.15, 0.2) is 0 Å². The number of amides is 1. The summed E-state index contributed by atoms with van der Waals surface area (Å²) in [4.78, 5) is 12.4. The summed E-state index contributed by atoms with van der Waals surface area (Å²) in [5.74, 6) is -0.295. The lowest BCUT2D eigenvalue weighted by Crippen LogP contribution is -2.31. The summed E-state index contributed by atoms with van der Waals surface area (Å²) in [5.41, 5.74) is 3.35. The lowest BCUT2D eigenvalue weighted by molar-refractivity contribution is -0.116. The quantitative estimate of drug-likeness (QED) is 0.418. The fraction of sp³-hybridized carbons (Fsp3) is 0.240. The minimum absolute atomic E-state index is 0.0685. The van der Waals surface area contributed by atoms with Gasteiger partial charge in [0.25, 0.3) is 10.0 Å². The molecule has 3 aromatic rings. The number of anilines is 3. The van der Waals surface area contributed by atoms with Crippen molar-refractivity contribution in [3.8, 4) is 0 Å². The maximum atomic E-state index is 12.6. The van der Waals surface area contributed by atoms with Gasteiger partial charge in [0.05, 0.1) is 16.8 Å². The fourth-order valence-corrected chi connectivity index (χ4v) is 5.52. The van der Waals surface area contributed by atoms with Crippen molar-refractivity contribution in [1.29, 1.82) is 0 Å². The average molecular weight is 516 g/mol. The molecule has 0 aliphatic rings. The Morgan fingerprint density at radius 1 is 0.829 bits per heavy atom. The van der Waals surface area contributed by atoms with Crippen LogP contribution in [0.25, 0.3) is 0 Å². The zero-order valence-electron chi connectivity index (χ0n) is 19.9. The van der Waals surface area contributed by atoms with Gasteiger partial charge in [-0.2, -0.15) is 0 Å². The van der Waals surface area contributed by atoms with Gasteiger partial charge in [-0.1, -0.05) is 24.3 Å². The summed E-state index contributed by atoms with van der Waals surface area (Å²) in [5, 5.41) is 2.72. The summed E-state index contributed by atoms with van der Waals surface area (Å²) in [6.45, 7) is 3.92. The highest BCUT2D eigenvalue weighted by Gasteiger charge is 2.18. The predicted octanol–water partition coefficient (Wildman–Crippen LogP) is 4.29. The first-order chi connectivity index (χ1) is 16.4. The second kappa shape index (κ2) is 10.9. The van der Waals surface area contributed by atoms with E-state index in [1.807, 2.05) is 26.0 Å². The van der Waals surface area contributed by atoms with Crippen molar-refractivity contribution >= 4 is 43.0 Å². The van der Waals surface area contributed by atoms with E-state index in [0.717, 1.165) is 17.4 Å². The average Bonchev–Trinajstić information content (AvgIpc) is 2.76. The normalized spacial score (nSPS) is 11.6. The summed E-state index contributed by atoms with van der Waals surface area (Å²) >= 11 is 0. The number of sulfonamides is 2. The molecule has 0 aliphatic carbocycles. The second-order valence-electron chi connectivity index (χ2n) is 8.33. The molecule has 0 aliphatic heterocycles. The minimum Gasteiger partial charge on any atom is -0.326 e. The molecular formula is C25H29N3O5S2. The van der Waals surface area contributed by atoms with Crippen molar-refractivity contribution in [2.24, 2.45) is 0 Å². The van der Waals surface area contributed by atoms with Gasteiger partial charge < -0.3 is 5.32 Å². The van der Waals surface area contributed by atoms with Crippen molar-refractivity contribution < 1.29 is 21.6 Å². The summed E-state index contributed by atoms with van der Waals surface area (Å²) in [7, 11) is -7.26. The van der Waals surface area contributed by atoms with Gasteiger partial charge in [-0.25, -0.2) is 16.8 Å². The van der Waals surface area contributed by atoms with E-state index in [1.165, 1.54) is 28.6 Å². The topological polar surface area (TPSA) is 113 Å². The van der Waals surface area contributed by atoms with Crippen LogP contribution in [-0.4, -0.2) is 35.5 Å². The van der Waals surface area contributed by atoms with Crippen LogP contribution in [-0.2, 0) is 24.8 Å². The van der Waals surface area contributed by atoms with Crippen molar-refractivity contribution in [2.45, 2.75) is 31.6 Å². The first-order valence-corrected chi connectivity index (χ1v) is 14.3. The van der Waals surface area contributed by atoms with Crippen molar-refractivity contribution in [2.75, 3.05) is 27.1 Å². The van der Waals surface area contributed by atoms with Crippen LogP contribution in [0.3, 0.4) is 0 Å². The molecule has 0 unspecified atom stereocenters. The Balaban J connectivity index is 1.57. The molecule has 2 N–H and O–H groups in total. The molecule has 0 atom stereocenters. The van der Waals surface area contributed by atoms with E-state index in [4.69, 9.17) is 0 Å². The van der Waals surface area contributed by atoms with Crippen LogP contribution in [0.5, 0.6) is 0 Å². The molecule has 0 heterocycles. The van der Waals surface area contributed by atoms with Gasteiger partial charge in [-0.15, -0.1) is 0 Å². The van der Waals surface area contributed by atoms with E-state index in [1.54, 1.807) is 36.4 Å². The smallest absolute Gasteiger partial charge is 0.261 e. The number of carbonyl (C=O) groups excluding carboxylic acids is 1. The second-order valence-corrected chi connectivity index (χ2v) is 11.9. The molecule has 0 fully saturated rings. The molecule has 0 saturated heterocycles. The monoisotopic (exact) mass is 515 g/mol. The zero-order valence-corrected chi connectivity index (χ0v) is 21.5. The summed E-state index contributed by atoms with van der Waals surface area (Å²) in [6, 6.07) is 20.1. The van der Waals surface area contributed by atoms with Crippen molar-refractivity contribution in [1.82, 2.24) is 0 Å². The molecule has 0 spiro atoms. The first kappa shape index (κ1) is 26.2. The van der Waals surface area contributed by atoms with Gasteiger partial charge in [0.1, 0.15) is 0 Å². The fourth-order valence-electron chi connectivity index (χ4n) is 3.52. The SMILES string of the molecule is Cc1cccc(NS(=O)(=O)c2ccc(NC(=O)CCCN(c3cccc(C)c3)S(C)(=O)=O)cc2)c1. The molecule has 35 heavy (non-hydrogen) atoms. The molecule has 0 saturated carbocycles. The standard InChI is InChI=1S/C25H29N3O5S2/c1-19-7-4-9-22(17-19)27-35(32,33)24-14-12-21(13-15-24)26-25(29)11-6-16-28(34(3,30)31)23-10-5-8-20(2)18-23/h4-5,7-10,12-15,17-18,27H,6,11,16H2,1-3H3,(H,26,29). The van der Waals surface area contributed by atoms with E-state index in [0.29, 0.717) is 23.5 Å². The molecule has 10 heteroatoms. The number of rotatable bonds is 10. The Hall–Kier alpha value is -3.37. The van der Waals surface area contributed by atoms with Gasteiger partial charge in [0, 0.05) is 24.3 Å². The number of hydrogen-bond donors (Lipinski definition) is 2. The van der Waals surface area contributed by atoms with E-state index in [-0.39, 0.29) is 23.8 Å². The van der Waals surface area contributed by atoms with Gasteiger partial charge in [-0.05, 0) is 79.9 Å². The molecule has 186 valence electrons. The predicted molar refractivity (Wildman–Crippen MR) is 140 cm³/mol. The molecule has 3 aromatic carbocycles. The number of aryl methyl sites for hydroxylation is 2. The summed E-state index contributed by atoms with van der Waals surface area (Å²) in [6.07, 6.45) is 1.56. The van der Waals surface area contributed by atoms with Gasteiger partial charge >= 0.3 is 0 Å². The van der Waals surface area contributed by atoms with Crippen molar-refractivity contribution in [3.05, 3.63) is 83.9 Å². The zero-order chi connectivity index (χ0) is 25.6. The van der Waals surface area contributed by atoms with Crippen LogP contribution in [0, 0.1) is 13.8 Å². The Morgan fingerprint density at radius 3 is 2.06 bits per heavy atom. The Labute approximate surface area is 207 Å². The van der Waals surface area contributed by atoms with Crippen LogP contribution in [0.1, 0.15) is 24.0 Å². The third-order valence-corrected chi connectivity index (χ3v) is 7.76. The van der Waals surface area contributed by atoms with Gasteiger partial charge in [0.2, 0.25) is 15.9 Å². The lowest BCUT2D eigenvalue weighted by Gasteiger charge is -2.22. The van der Waals surface area contributed by atoms with E-state index < -0.39 is 20.0 Å². The molecular weight excluding hydrogens is 486 g/mol. The maximum absolute atomic E-state index is 12.6. The van der Waals surface area contributed by atoms with E-state index in [2.05, 4.69) is 10.0 Å². The van der Waals surface area contributed by atoms with Crippen LogP contribution in [0.4, 0.5) is 17.1 Å². The van der Waals surface area contributed by atoms with Crippen LogP contribution in [0.2, 0.25) is 0 Å². The molecule has 0 radical (unpaired) electrons. The van der Waals surface area contributed by atoms with E-state index in [9.17, 15) is 21.6 Å². The molecule has 1 amide bonds. The third-order valence-electron chi connectivity index (χ3n) is 5.17. The first-order valence-electron chi connectivity index (χ1n) is 11.0. The van der Waals surface area contributed by atoms with Crippen LogP contribution in [0.15, 0.2) is 77.7 Å². The highest BCUT2D eigenvalue weighted by molar-refractivity contribution is 7.92. The van der Waals surface area contributed by atoms with Crippen molar-refractivity contribution in [3.63, 3.8) is 0 Å². The Bertz CT molecular complexity index is 1400. The van der Waals surface area contributed by atoms with Crippen LogP contribution >= 0.6 is 0 Å². The number of carbonyl (C=O) groups is 1. The molecule has 8 nitrogen and oxygen atoms in total. The summed E-state index contributed by atoms with van der Waals surface area (Å²) < 4.78 is 53.5. The number of nitrogens with zero attached hydrogens (tertiary/aromatic N) is 1. The third kappa shape index (κ3) is 7.56. The minimum atomic E-state index is -3.77. The Kier molecular flexibility index (Phi) is 8.18.